The Hall–Kier alpha value is -3.30. The molecule has 1 saturated heterocycles. The third-order valence-electron chi connectivity index (χ3n) is 6.31. The Bertz CT molecular complexity index is 1180. The highest BCUT2D eigenvalue weighted by Crippen LogP contribution is 2.28. The lowest BCUT2D eigenvalue weighted by Gasteiger charge is -2.32. The lowest BCUT2D eigenvalue weighted by molar-refractivity contribution is 0.0972. The number of primary amides is 1. The summed E-state index contributed by atoms with van der Waals surface area (Å²) >= 11 is 0. The molecular weight excluding hydrogens is 460 g/mol. The molecule has 1 aliphatic rings. The number of piperidine rings is 1. The van der Waals surface area contributed by atoms with Gasteiger partial charge in [0.2, 0.25) is 0 Å². The molecule has 0 radical (unpaired) electrons. The standard InChI is InChI=1S/C27H36N4O5/c1-4-34-20-12-18(13-21(14-20)35-17-27(2,3)16-32)15-31-10-8-19(9-11-31)29-26-30-24-22(25(28)33)6-5-7-23(24)36-26/h5-7,12-14,19,32H,4,8-11,15-17H2,1-3H3,(H2,28,33)(H,29,30). The van der Waals surface area contributed by atoms with Gasteiger partial charge in [-0.25, -0.2) is 0 Å². The Morgan fingerprint density at radius 3 is 2.61 bits per heavy atom. The van der Waals surface area contributed by atoms with Crippen molar-refractivity contribution in [1.29, 1.82) is 0 Å². The number of amides is 1. The number of hydrogen-bond acceptors (Lipinski definition) is 8. The molecular formula is C27H36N4O5. The van der Waals surface area contributed by atoms with Gasteiger partial charge in [-0.05, 0) is 49.6 Å². The normalized spacial score (nSPS) is 15.2. The van der Waals surface area contributed by atoms with Crippen molar-refractivity contribution in [1.82, 2.24) is 9.88 Å². The SMILES string of the molecule is CCOc1cc(CN2CCC(Nc3nc4c(C(N)=O)cccc4o3)CC2)cc(OCC(C)(C)CO)c1. The lowest BCUT2D eigenvalue weighted by atomic mass is 9.96. The van der Waals surface area contributed by atoms with Crippen LogP contribution in [0.25, 0.3) is 11.1 Å². The predicted octanol–water partition coefficient (Wildman–Crippen LogP) is 3.80. The number of likely N-dealkylation sites (tertiary alicyclic amines) is 1. The molecule has 4 N–H and O–H groups in total. The smallest absolute Gasteiger partial charge is 0.295 e. The van der Waals surface area contributed by atoms with E-state index in [9.17, 15) is 9.90 Å². The van der Waals surface area contributed by atoms with Crippen LogP contribution in [0.15, 0.2) is 40.8 Å². The Morgan fingerprint density at radius 1 is 1.22 bits per heavy atom. The zero-order chi connectivity index (χ0) is 25.7. The summed E-state index contributed by atoms with van der Waals surface area (Å²) in [6, 6.07) is 11.8. The number of nitrogens with zero attached hydrogens (tertiary/aromatic N) is 2. The highest BCUT2D eigenvalue weighted by atomic mass is 16.5. The van der Waals surface area contributed by atoms with E-state index >= 15 is 0 Å². The van der Waals surface area contributed by atoms with Crippen molar-refractivity contribution in [3.63, 3.8) is 0 Å². The number of para-hydroxylation sites is 1. The number of nitrogens with two attached hydrogens (primary N) is 1. The van der Waals surface area contributed by atoms with Crippen LogP contribution >= 0.6 is 0 Å². The quantitative estimate of drug-likeness (QED) is 0.366. The van der Waals surface area contributed by atoms with E-state index in [4.69, 9.17) is 19.6 Å². The van der Waals surface area contributed by atoms with Crippen LogP contribution in [0.5, 0.6) is 11.5 Å². The summed E-state index contributed by atoms with van der Waals surface area (Å²) < 4.78 is 17.6. The number of oxazole rings is 1. The number of aliphatic hydroxyl groups excluding tert-OH is 1. The van der Waals surface area contributed by atoms with Crippen molar-refractivity contribution < 1.29 is 23.8 Å². The summed E-state index contributed by atoms with van der Waals surface area (Å²) in [5, 5.41) is 12.9. The van der Waals surface area contributed by atoms with Crippen LogP contribution in [0, 0.1) is 5.41 Å². The molecule has 0 bridgehead atoms. The van der Waals surface area contributed by atoms with Crippen LogP contribution in [0.3, 0.4) is 0 Å². The summed E-state index contributed by atoms with van der Waals surface area (Å²) in [6.45, 7) is 9.58. The minimum absolute atomic E-state index is 0.0594. The molecule has 1 aromatic heterocycles. The highest BCUT2D eigenvalue weighted by molar-refractivity contribution is 6.03. The van der Waals surface area contributed by atoms with E-state index in [1.165, 1.54) is 0 Å². The van der Waals surface area contributed by atoms with Crippen molar-refractivity contribution in [2.45, 2.75) is 46.2 Å². The molecule has 36 heavy (non-hydrogen) atoms. The van der Waals surface area contributed by atoms with Crippen LogP contribution in [0.4, 0.5) is 6.01 Å². The summed E-state index contributed by atoms with van der Waals surface area (Å²) in [4.78, 5) is 18.5. The van der Waals surface area contributed by atoms with Gasteiger partial charge in [0, 0.05) is 37.2 Å². The first-order chi connectivity index (χ1) is 17.3. The van der Waals surface area contributed by atoms with Gasteiger partial charge in [0.15, 0.2) is 5.58 Å². The van der Waals surface area contributed by atoms with E-state index in [2.05, 4.69) is 27.3 Å². The highest BCUT2D eigenvalue weighted by Gasteiger charge is 2.22. The number of carbonyl (C=O) groups is 1. The van der Waals surface area contributed by atoms with Gasteiger partial charge in [0.05, 0.1) is 25.4 Å². The van der Waals surface area contributed by atoms with Crippen LogP contribution < -0.4 is 20.5 Å². The molecule has 1 fully saturated rings. The maximum atomic E-state index is 11.7. The molecule has 1 aliphatic heterocycles. The first kappa shape index (κ1) is 25.8. The van der Waals surface area contributed by atoms with Gasteiger partial charge in [-0.15, -0.1) is 0 Å². The fourth-order valence-corrected chi connectivity index (χ4v) is 4.26. The largest absolute Gasteiger partial charge is 0.494 e. The van der Waals surface area contributed by atoms with E-state index in [0.29, 0.717) is 35.9 Å². The number of carbonyl (C=O) groups excluding carboxylic acids is 1. The Kier molecular flexibility index (Phi) is 8.01. The number of ether oxygens (including phenoxy) is 2. The van der Waals surface area contributed by atoms with E-state index < -0.39 is 5.91 Å². The van der Waals surface area contributed by atoms with E-state index in [1.807, 2.05) is 26.8 Å². The molecule has 2 aromatic carbocycles. The molecule has 194 valence electrons. The number of fused-ring (bicyclic) bond motifs is 1. The first-order valence-corrected chi connectivity index (χ1v) is 12.4. The van der Waals surface area contributed by atoms with Gasteiger partial charge < -0.3 is 30.0 Å². The summed E-state index contributed by atoms with van der Waals surface area (Å²) in [5.41, 5.74) is 7.66. The average molecular weight is 497 g/mol. The van der Waals surface area contributed by atoms with Crippen molar-refractivity contribution >= 4 is 23.0 Å². The second kappa shape index (κ2) is 11.2. The summed E-state index contributed by atoms with van der Waals surface area (Å²) in [6.07, 6.45) is 1.86. The third kappa shape index (κ3) is 6.47. The molecule has 9 heteroatoms. The molecule has 2 heterocycles. The lowest BCUT2D eigenvalue weighted by Crippen LogP contribution is -2.38. The second-order valence-corrected chi connectivity index (χ2v) is 10.1. The van der Waals surface area contributed by atoms with Gasteiger partial charge in [0.25, 0.3) is 11.9 Å². The molecule has 0 aliphatic carbocycles. The topological polar surface area (TPSA) is 123 Å². The van der Waals surface area contributed by atoms with Crippen LogP contribution in [-0.4, -0.2) is 59.8 Å². The summed E-state index contributed by atoms with van der Waals surface area (Å²) in [5.74, 6) is 1.02. The van der Waals surface area contributed by atoms with E-state index in [1.54, 1.807) is 18.2 Å². The molecule has 0 spiro atoms. The molecule has 0 atom stereocenters. The van der Waals surface area contributed by atoms with E-state index in [-0.39, 0.29) is 18.1 Å². The Balaban J connectivity index is 1.36. The van der Waals surface area contributed by atoms with Gasteiger partial charge in [0.1, 0.15) is 17.0 Å². The Labute approximate surface area is 211 Å². The molecule has 0 unspecified atom stereocenters. The fourth-order valence-electron chi connectivity index (χ4n) is 4.26. The van der Waals surface area contributed by atoms with Crippen molar-refractivity contribution in [2.75, 3.05) is 38.2 Å². The van der Waals surface area contributed by atoms with Crippen LogP contribution in [0.1, 0.15) is 49.5 Å². The maximum Gasteiger partial charge on any atom is 0.295 e. The molecule has 0 saturated carbocycles. The minimum Gasteiger partial charge on any atom is -0.494 e. The second-order valence-electron chi connectivity index (χ2n) is 10.1. The number of nitrogens with one attached hydrogen (secondary N) is 1. The maximum absolute atomic E-state index is 11.7. The number of aliphatic hydroxyl groups is 1. The number of rotatable bonds is 11. The molecule has 1 amide bonds. The van der Waals surface area contributed by atoms with Gasteiger partial charge >= 0.3 is 0 Å². The van der Waals surface area contributed by atoms with Crippen LogP contribution in [0.2, 0.25) is 0 Å². The van der Waals surface area contributed by atoms with Crippen molar-refractivity contribution in [3.05, 3.63) is 47.5 Å². The number of anilines is 1. The molecule has 9 nitrogen and oxygen atoms in total. The van der Waals surface area contributed by atoms with Crippen molar-refractivity contribution in [3.8, 4) is 11.5 Å². The fraction of sp³-hybridized carbons (Fsp3) is 0.481. The zero-order valence-electron chi connectivity index (χ0n) is 21.3. The summed E-state index contributed by atoms with van der Waals surface area (Å²) in [7, 11) is 0. The van der Waals surface area contributed by atoms with Crippen molar-refractivity contribution in [2.24, 2.45) is 11.1 Å². The molecule has 4 rings (SSSR count). The number of benzene rings is 2. The number of aromatic nitrogens is 1. The van der Waals surface area contributed by atoms with Crippen LogP contribution in [-0.2, 0) is 6.54 Å². The monoisotopic (exact) mass is 496 g/mol. The van der Waals surface area contributed by atoms with Gasteiger partial charge in [-0.2, -0.15) is 4.98 Å². The zero-order valence-corrected chi connectivity index (χ0v) is 21.3. The van der Waals surface area contributed by atoms with Gasteiger partial charge in [-0.1, -0.05) is 19.9 Å². The number of hydrogen-bond donors (Lipinski definition) is 3. The third-order valence-corrected chi connectivity index (χ3v) is 6.31. The van der Waals surface area contributed by atoms with E-state index in [0.717, 1.165) is 49.5 Å². The molecule has 3 aromatic rings. The van der Waals surface area contributed by atoms with Gasteiger partial charge in [-0.3, -0.25) is 9.69 Å². The first-order valence-electron chi connectivity index (χ1n) is 12.4. The predicted molar refractivity (Wildman–Crippen MR) is 138 cm³/mol. The average Bonchev–Trinajstić information content (AvgIpc) is 3.26. The minimum atomic E-state index is -0.521. The Morgan fingerprint density at radius 2 is 1.94 bits per heavy atom.